The Hall–Kier alpha value is -3.03. The third kappa shape index (κ3) is 5.46. The molecule has 0 saturated carbocycles. The summed E-state index contributed by atoms with van der Waals surface area (Å²) >= 11 is 0. The molecule has 7 heteroatoms. The van der Waals surface area contributed by atoms with Gasteiger partial charge in [0, 0.05) is 43.2 Å². The molecule has 35 heavy (non-hydrogen) atoms. The van der Waals surface area contributed by atoms with Crippen molar-refractivity contribution in [2.45, 2.75) is 29.5 Å². The minimum absolute atomic E-state index is 0.0113. The molecule has 2 aliphatic heterocycles. The maximum atomic E-state index is 13.2. The van der Waals surface area contributed by atoms with Crippen LogP contribution >= 0.6 is 0 Å². The highest BCUT2D eigenvalue weighted by Crippen LogP contribution is 2.34. The second-order valence-electron chi connectivity index (χ2n) is 9.14. The molecule has 2 atom stereocenters. The number of hydrogen-bond acceptors (Lipinski definition) is 4. The van der Waals surface area contributed by atoms with Crippen LogP contribution in [-0.2, 0) is 21.3 Å². The second kappa shape index (κ2) is 10.7. The number of benzene rings is 3. The summed E-state index contributed by atoms with van der Waals surface area (Å²) in [6.07, 6.45) is 1.23. The molecule has 2 heterocycles. The lowest BCUT2D eigenvalue weighted by atomic mass is 9.95. The van der Waals surface area contributed by atoms with Gasteiger partial charge in [-0.3, -0.25) is 13.9 Å². The molecule has 1 fully saturated rings. The van der Waals surface area contributed by atoms with Gasteiger partial charge in [0.05, 0.1) is 22.6 Å². The van der Waals surface area contributed by atoms with Gasteiger partial charge in [0.2, 0.25) is 5.91 Å². The summed E-state index contributed by atoms with van der Waals surface area (Å²) in [5.41, 5.74) is 4.01. The fourth-order valence-corrected chi connectivity index (χ4v) is 6.37. The first kappa shape index (κ1) is 23.7. The van der Waals surface area contributed by atoms with Crippen LogP contribution in [0.4, 0.5) is 10.1 Å². The van der Waals surface area contributed by atoms with Crippen LogP contribution in [0.25, 0.3) is 0 Å². The van der Waals surface area contributed by atoms with Gasteiger partial charge in [-0.25, -0.2) is 4.39 Å². The smallest absolute Gasteiger partial charge is 0.220 e. The largest absolute Gasteiger partial charge is 0.369 e. The van der Waals surface area contributed by atoms with E-state index in [9.17, 15) is 13.4 Å². The van der Waals surface area contributed by atoms with Crippen LogP contribution in [0.2, 0.25) is 0 Å². The van der Waals surface area contributed by atoms with Gasteiger partial charge in [-0.2, -0.15) is 0 Å². The topological polar surface area (TPSA) is 52.7 Å². The van der Waals surface area contributed by atoms with Gasteiger partial charge in [0.1, 0.15) is 5.82 Å². The third-order valence-corrected chi connectivity index (χ3v) is 8.31. The first-order chi connectivity index (χ1) is 17.1. The summed E-state index contributed by atoms with van der Waals surface area (Å²) in [6.45, 7) is 4.50. The Morgan fingerprint density at radius 2 is 1.60 bits per heavy atom. The minimum atomic E-state index is -1.14. The van der Waals surface area contributed by atoms with E-state index in [0.29, 0.717) is 12.2 Å². The molecule has 3 aromatic carbocycles. The number of rotatable bonds is 6. The molecule has 0 bridgehead atoms. The van der Waals surface area contributed by atoms with E-state index >= 15 is 0 Å². The Kier molecular flexibility index (Phi) is 7.25. The molecule has 0 spiro atoms. The molecule has 5 nitrogen and oxygen atoms in total. The number of fused-ring (bicyclic) bond motifs is 2. The number of amides is 1. The lowest BCUT2D eigenvalue weighted by Crippen LogP contribution is -2.46. The number of carbonyl (C=O) groups is 1. The molecule has 0 radical (unpaired) electrons. The van der Waals surface area contributed by atoms with Crippen molar-refractivity contribution in [3.8, 4) is 0 Å². The fraction of sp³-hybridized carbons (Fsp3) is 0.321. The molecular formula is C28H30FN3O2S. The summed E-state index contributed by atoms with van der Waals surface area (Å²) < 4.78 is 26.1. The van der Waals surface area contributed by atoms with Gasteiger partial charge in [-0.1, -0.05) is 42.5 Å². The molecule has 0 aliphatic carbocycles. The zero-order valence-corrected chi connectivity index (χ0v) is 20.5. The molecule has 1 N–H and O–H groups in total. The third-order valence-electron chi connectivity index (χ3n) is 6.88. The monoisotopic (exact) mass is 491 g/mol. The van der Waals surface area contributed by atoms with Crippen molar-refractivity contribution < 1.29 is 13.4 Å². The molecule has 1 amide bonds. The zero-order valence-electron chi connectivity index (χ0n) is 19.7. The number of nitrogens with zero attached hydrogens (tertiary/aromatic N) is 2. The van der Waals surface area contributed by atoms with Crippen LogP contribution in [-0.4, -0.2) is 47.7 Å². The van der Waals surface area contributed by atoms with E-state index in [1.165, 1.54) is 12.1 Å². The summed E-state index contributed by atoms with van der Waals surface area (Å²) in [5, 5.41) is 3.23. The number of piperazine rings is 1. The summed E-state index contributed by atoms with van der Waals surface area (Å²) in [6, 6.07) is 22.1. The van der Waals surface area contributed by atoms with Crippen LogP contribution in [0, 0.1) is 5.82 Å². The Labute approximate surface area is 208 Å². The molecule has 0 aromatic heterocycles. The number of hydrogen-bond donors (Lipinski definition) is 1. The SMILES string of the molecule is O=C(CCCN1CCN(c2ccc(F)cc2)CC1)N[C@H]1c2ccccc2CS(=O)c2ccccc21. The first-order valence-electron chi connectivity index (χ1n) is 12.2. The molecular weight excluding hydrogens is 461 g/mol. The lowest BCUT2D eigenvalue weighted by Gasteiger charge is -2.36. The molecule has 2 aliphatic rings. The zero-order chi connectivity index (χ0) is 24.2. The quantitative estimate of drug-likeness (QED) is 0.560. The first-order valence-corrected chi connectivity index (χ1v) is 13.5. The van der Waals surface area contributed by atoms with Crippen LogP contribution in [0.15, 0.2) is 77.7 Å². The van der Waals surface area contributed by atoms with E-state index in [2.05, 4.69) is 15.1 Å². The highest BCUT2D eigenvalue weighted by molar-refractivity contribution is 7.84. The van der Waals surface area contributed by atoms with Gasteiger partial charge < -0.3 is 10.2 Å². The van der Waals surface area contributed by atoms with E-state index in [-0.39, 0.29) is 17.8 Å². The number of anilines is 1. The van der Waals surface area contributed by atoms with Crippen molar-refractivity contribution in [2.24, 2.45) is 0 Å². The van der Waals surface area contributed by atoms with Gasteiger partial charge in [0.25, 0.3) is 0 Å². The van der Waals surface area contributed by atoms with Crippen LogP contribution < -0.4 is 10.2 Å². The van der Waals surface area contributed by atoms with E-state index < -0.39 is 10.8 Å². The van der Waals surface area contributed by atoms with Crippen molar-refractivity contribution in [2.75, 3.05) is 37.6 Å². The summed E-state index contributed by atoms with van der Waals surface area (Å²) in [4.78, 5) is 18.4. The summed E-state index contributed by atoms with van der Waals surface area (Å²) in [7, 11) is -1.14. The fourth-order valence-electron chi connectivity index (χ4n) is 4.99. The van der Waals surface area contributed by atoms with Crippen LogP contribution in [0.5, 0.6) is 0 Å². The molecule has 3 aromatic rings. The molecule has 182 valence electrons. The van der Waals surface area contributed by atoms with Crippen LogP contribution in [0.3, 0.4) is 0 Å². The Morgan fingerprint density at radius 3 is 2.37 bits per heavy atom. The predicted octanol–water partition coefficient (Wildman–Crippen LogP) is 4.25. The average Bonchev–Trinajstić information content (AvgIpc) is 3.00. The standard InChI is InChI=1S/C28H30FN3O2S/c29-22-11-13-23(14-12-22)32-18-16-31(17-19-32)15-5-10-27(33)30-28-24-7-2-1-6-21(24)20-35(34)26-9-4-3-8-25(26)28/h1-4,6-9,11-14,28H,5,10,15-20H2,(H,30,33)/t28-,35?/m0/s1. The second-order valence-corrected chi connectivity index (χ2v) is 10.6. The highest BCUT2D eigenvalue weighted by atomic mass is 32.2. The van der Waals surface area contributed by atoms with Gasteiger partial charge >= 0.3 is 0 Å². The van der Waals surface area contributed by atoms with Crippen molar-refractivity contribution in [3.05, 3.63) is 95.3 Å². The van der Waals surface area contributed by atoms with E-state index in [4.69, 9.17) is 0 Å². The molecule has 1 unspecified atom stereocenters. The maximum Gasteiger partial charge on any atom is 0.220 e. The number of halogens is 1. The van der Waals surface area contributed by atoms with Crippen molar-refractivity contribution in [3.63, 3.8) is 0 Å². The average molecular weight is 492 g/mol. The van der Waals surface area contributed by atoms with Crippen LogP contribution in [0.1, 0.15) is 35.6 Å². The van der Waals surface area contributed by atoms with E-state index in [0.717, 1.165) is 66.4 Å². The number of carbonyl (C=O) groups excluding carboxylic acids is 1. The normalized spacial score (nSPS) is 20.0. The van der Waals surface area contributed by atoms with Gasteiger partial charge in [-0.05, 0) is 60.0 Å². The number of nitrogens with one attached hydrogen (secondary N) is 1. The van der Waals surface area contributed by atoms with Gasteiger partial charge in [-0.15, -0.1) is 0 Å². The Balaban J connectivity index is 1.17. The van der Waals surface area contributed by atoms with E-state index in [1.807, 2.05) is 60.7 Å². The summed E-state index contributed by atoms with van der Waals surface area (Å²) in [5.74, 6) is 0.260. The maximum absolute atomic E-state index is 13.2. The predicted molar refractivity (Wildman–Crippen MR) is 137 cm³/mol. The Morgan fingerprint density at radius 1 is 0.914 bits per heavy atom. The highest BCUT2D eigenvalue weighted by Gasteiger charge is 2.28. The van der Waals surface area contributed by atoms with E-state index in [1.54, 1.807) is 0 Å². The van der Waals surface area contributed by atoms with Gasteiger partial charge in [0.15, 0.2) is 0 Å². The Bertz CT molecular complexity index is 1210. The molecule has 5 rings (SSSR count). The molecule has 1 saturated heterocycles. The minimum Gasteiger partial charge on any atom is -0.369 e. The van der Waals surface area contributed by atoms with Crippen molar-refractivity contribution >= 4 is 22.4 Å². The van der Waals surface area contributed by atoms with Crippen molar-refractivity contribution in [1.29, 1.82) is 0 Å². The van der Waals surface area contributed by atoms with Crippen molar-refractivity contribution in [1.82, 2.24) is 10.2 Å². The lowest BCUT2D eigenvalue weighted by molar-refractivity contribution is -0.121.